The van der Waals surface area contributed by atoms with E-state index in [4.69, 9.17) is 0 Å². The summed E-state index contributed by atoms with van der Waals surface area (Å²) in [5, 5.41) is 19.7. The summed E-state index contributed by atoms with van der Waals surface area (Å²) in [7, 11) is 0. The number of aliphatic hydroxyl groups is 1. The third-order valence-electron chi connectivity index (χ3n) is 11.2. The molecule has 0 aromatic heterocycles. The van der Waals surface area contributed by atoms with Gasteiger partial charge in [0.25, 0.3) is 5.91 Å². The third kappa shape index (κ3) is 8.32. The minimum atomic E-state index is -1.09. The fourth-order valence-corrected chi connectivity index (χ4v) is 8.59. The minimum Gasteiger partial charge on any atom is -0.390 e. The monoisotopic (exact) mass is 642 g/mol. The molecule has 3 saturated heterocycles. The quantitative estimate of drug-likeness (QED) is 0.266. The maximum Gasteiger partial charge on any atom is 0.253 e. The van der Waals surface area contributed by atoms with Crippen LogP contribution in [0.5, 0.6) is 0 Å². The highest BCUT2D eigenvalue weighted by molar-refractivity contribution is 8.00. The number of benzene rings is 1. The summed E-state index contributed by atoms with van der Waals surface area (Å²) in [6.45, 7) is 12.3. The highest BCUT2D eigenvalue weighted by Gasteiger charge is 2.50. The van der Waals surface area contributed by atoms with Crippen LogP contribution in [0.2, 0.25) is 0 Å². The van der Waals surface area contributed by atoms with Crippen LogP contribution in [0.25, 0.3) is 6.08 Å². The Morgan fingerprint density at radius 2 is 1.69 bits per heavy atom. The highest BCUT2D eigenvalue weighted by Crippen LogP contribution is 2.38. The van der Waals surface area contributed by atoms with Gasteiger partial charge in [0, 0.05) is 31.7 Å². The molecule has 1 aromatic rings. The van der Waals surface area contributed by atoms with E-state index in [0.717, 1.165) is 81.1 Å². The molecule has 3 heterocycles. The highest BCUT2D eigenvalue weighted by atomic mass is 32.2. The molecule has 5 rings (SSSR count). The number of carbonyl (C=O) groups is 2. The summed E-state index contributed by atoms with van der Waals surface area (Å²) < 4.78 is 16.3. The zero-order valence-corrected chi connectivity index (χ0v) is 28.9. The lowest BCUT2D eigenvalue weighted by molar-refractivity contribution is -0.125. The number of nitrogens with one attached hydrogen (secondary N) is 2. The van der Waals surface area contributed by atoms with Gasteiger partial charge in [-0.15, -0.1) is 0 Å². The van der Waals surface area contributed by atoms with Crippen molar-refractivity contribution in [2.45, 2.75) is 128 Å². The van der Waals surface area contributed by atoms with Crippen LogP contribution in [0, 0.1) is 25.7 Å². The molecular weight excluding hydrogens is 587 g/mol. The number of amides is 2. The van der Waals surface area contributed by atoms with Crippen LogP contribution in [-0.4, -0.2) is 75.3 Å². The number of piperidine rings is 2. The van der Waals surface area contributed by atoms with E-state index in [0.29, 0.717) is 49.8 Å². The van der Waals surface area contributed by atoms with E-state index >= 15 is 0 Å². The average Bonchev–Trinajstić information content (AvgIpc) is 3.33. The molecule has 3 aliphatic heterocycles. The number of nitrogens with zero attached hydrogens (tertiary/aromatic N) is 2. The molecule has 1 spiro atoms. The van der Waals surface area contributed by atoms with Crippen molar-refractivity contribution >= 4 is 29.8 Å². The Hall–Kier alpha value is -1.94. The van der Waals surface area contributed by atoms with Crippen molar-refractivity contribution in [3.8, 4) is 0 Å². The first-order valence-electron chi connectivity index (χ1n) is 17.3. The SMILES string of the molecule is CCC1(O)CCN(C(=O)c2cc(C)c(/C=C/SN3CCC4(CC3)NC(C3CCC(CCC(C)(C)F)CC3)NC4=O)c(C)c2)CC1. The molecule has 0 radical (unpaired) electrons. The molecule has 0 bridgehead atoms. The van der Waals surface area contributed by atoms with Crippen molar-refractivity contribution in [1.82, 2.24) is 19.8 Å². The van der Waals surface area contributed by atoms with Gasteiger partial charge in [0.15, 0.2) is 0 Å². The Bertz CT molecular complexity index is 1220. The maximum atomic E-state index is 14.0. The molecule has 1 aliphatic carbocycles. The smallest absolute Gasteiger partial charge is 0.253 e. The lowest BCUT2D eigenvalue weighted by Gasteiger charge is -2.38. The van der Waals surface area contributed by atoms with E-state index in [1.54, 1.807) is 25.8 Å². The summed E-state index contributed by atoms with van der Waals surface area (Å²) >= 11 is 1.69. The van der Waals surface area contributed by atoms with Gasteiger partial charge in [0.1, 0.15) is 11.2 Å². The second kappa shape index (κ2) is 14.0. The molecule has 7 nitrogen and oxygen atoms in total. The van der Waals surface area contributed by atoms with E-state index < -0.39 is 16.8 Å². The molecule has 1 aromatic carbocycles. The standard InChI is InChI=1S/C36H55FN4O3S/c1-6-35(44)14-18-40(19-15-35)32(42)29-23-25(2)30(26(3)24-29)12-22-45-41-20-16-36(17-21-41)33(43)38-31(39-36)28-9-7-27(8-10-28)11-13-34(4,5)37/h12,22-24,27-28,31,39,44H,6-11,13-21H2,1-5H3,(H,38,43)/b22-12+. The summed E-state index contributed by atoms with van der Waals surface area (Å²) in [6.07, 6.45) is 11.8. The van der Waals surface area contributed by atoms with Gasteiger partial charge in [-0.1, -0.05) is 31.7 Å². The fourth-order valence-electron chi connectivity index (χ4n) is 7.82. The lowest BCUT2D eigenvalue weighted by Crippen LogP contribution is -2.54. The number of rotatable bonds is 9. The molecule has 4 aliphatic rings. The Labute approximate surface area is 274 Å². The van der Waals surface area contributed by atoms with Gasteiger partial charge in [-0.3, -0.25) is 14.9 Å². The van der Waals surface area contributed by atoms with Gasteiger partial charge >= 0.3 is 0 Å². The van der Waals surface area contributed by atoms with Crippen LogP contribution in [0.15, 0.2) is 17.5 Å². The van der Waals surface area contributed by atoms with Crippen molar-refractivity contribution in [3.63, 3.8) is 0 Å². The van der Waals surface area contributed by atoms with Crippen molar-refractivity contribution in [2.75, 3.05) is 26.2 Å². The number of aryl methyl sites for hydroxylation is 2. The van der Waals surface area contributed by atoms with E-state index in [1.165, 1.54) is 0 Å². The van der Waals surface area contributed by atoms with Gasteiger partial charge in [-0.05, 0) is 138 Å². The van der Waals surface area contributed by atoms with Crippen molar-refractivity contribution < 1.29 is 19.1 Å². The zero-order valence-electron chi connectivity index (χ0n) is 28.1. The molecule has 2 amide bonds. The Kier molecular flexibility index (Phi) is 10.7. The van der Waals surface area contributed by atoms with Crippen LogP contribution >= 0.6 is 11.9 Å². The van der Waals surface area contributed by atoms with Gasteiger partial charge < -0.3 is 15.3 Å². The largest absolute Gasteiger partial charge is 0.390 e. The predicted molar refractivity (Wildman–Crippen MR) is 181 cm³/mol. The van der Waals surface area contributed by atoms with Crippen LogP contribution in [0.3, 0.4) is 0 Å². The van der Waals surface area contributed by atoms with Gasteiger partial charge in [-0.2, -0.15) is 0 Å². The lowest BCUT2D eigenvalue weighted by atomic mass is 9.77. The topological polar surface area (TPSA) is 84.9 Å². The maximum absolute atomic E-state index is 14.0. The molecule has 1 atom stereocenters. The number of halogens is 1. The molecule has 45 heavy (non-hydrogen) atoms. The van der Waals surface area contributed by atoms with Gasteiger partial charge in [-0.25, -0.2) is 8.70 Å². The molecular formula is C36H55FN4O3S. The first-order chi connectivity index (χ1) is 21.3. The number of alkyl halides is 1. The molecule has 1 saturated carbocycles. The van der Waals surface area contributed by atoms with E-state index in [2.05, 4.69) is 40.3 Å². The van der Waals surface area contributed by atoms with Crippen LogP contribution in [0.1, 0.15) is 118 Å². The van der Waals surface area contributed by atoms with Crippen molar-refractivity contribution in [3.05, 3.63) is 39.8 Å². The predicted octanol–water partition coefficient (Wildman–Crippen LogP) is 6.51. The van der Waals surface area contributed by atoms with Crippen LogP contribution in [-0.2, 0) is 4.79 Å². The summed E-state index contributed by atoms with van der Waals surface area (Å²) in [5.74, 6) is 1.25. The van der Waals surface area contributed by atoms with Gasteiger partial charge in [0.2, 0.25) is 5.91 Å². The second-order valence-corrected chi connectivity index (χ2v) is 15.9. The van der Waals surface area contributed by atoms with Crippen LogP contribution < -0.4 is 10.6 Å². The van der Waals surface area contributed by atoms with Crippen LogP contribution in [0.4, 0.5) is 4.39 Å². The van der Waals surface area contributed by atoms with E-state index in [9.17, 15) is 19.1 Å². The number of likely N-dealkylation sites (tertiary alicyclic amines) is 1. The Balaban J connectivity index is 1.08. The summed E-state index contributed by atoms with van der Waals surface area (Å²) in [5.41, 5.74) is 1.81. The summed E-state index contributed by atoms with van der Waals surface area (Å²) in [6, 6.07) is 3.98. The van der Waals surface area contributed by atoms with Gasteiger partial charge in [0.05, 0.1) is 11.8 Å². The number of carbonyl (C=O) groups excluding carboxylic acids is 2. The molecule has 250 valence electrons. The fraction of sp³-hybridized carbons (Fsp3) is 0.722. The first kappa shape index (κ1) is 34.4. The average molecular weight is 643 g/mol. The minimum absolute atomic E-state index is 0.0451. The Morgan fingerprint density at radius 1 is 1.07 bits per heavy atom. The van der Waals surface area contributed by atoms with E-state index in [1.807, 2.05) is 24.0 Å². The molecule has 3 N–H and O–H groups in total. The Morgan fingerprint density at radius 3 is 2.27 bits per heavy atom. The van der Waals surface area contributed by atoms with E-state index in [-0.39, 0.29) is 18.0 Å². The second-order valence-electron chi connectivity index (χ2n) is 14.9. The third-order valence-corrected chi connectivity index (χ3v) is 12.1. The molecule has 9 heteroatoms. The van der Waals surface area contributed by atoms with Crippen molar-refractivity contribution in [1.29, 1.82) is 0 Å². The zero-order chi connectivity index (χ0) is 32.4. The molecule has 4 fully saturated rings. The first-order valence-corrected chi connectivity index (χ1v) is 18.1. The summed E-state index contributed by atoms with van der Waals surface area (Å²) in [4.78, 5) is 28.3. The number of hydrogen-bond acceptors (Lipinski definition) is 6. The van der Waals surface area contributed by atoms with Crippen molar-refractivity contribution in [2.24, 2.45) is 11.8 Å². The normalized spacial score (nSPS) is 27.3. The number of hydrogen-bond donors (Lipinski definition) is 3. The molecule has 1 unspecified atom stereocenters.